The number of carbonyl (C=O) groups is 3. The summed E-state index contributed by atoms with van der Waals surface area (Å²) in [4.78, 5) is 40.8. The smallest absolute Gasteiger partial charge is 0.247 e. The van der Waals surface area contributed by atoms with Gasteiger partial charge in [0.2, 0.25) is 17.7 Å². The first-order chi connectivity index (χ1) is 15.5. The van der Waals surface area contributed by atoms with E-state index in [0.29, 0.717) is 23.1 Å². The van der Waals surface area contributed by atoms with Crippen molar-refractivity contribution in [2.24, 2.45) is 35.5 Å². The lowest BCUT2D eigenvalue weighted by molar-refractivity contribution is -0.146. The molecule has 160 valence electrons. The Kier molecular flexibility index (Phi) is 3.46. The van der Waals surface area contributed by atoms with Crippen molar-refractivity contribution >= 4 is 45.3 Å². The molecule has 4 aliphatic carbocycles. The minimum absolute atomic E-state index is 0.155. The van der Waals surface area contributed by atoms with E-state index in [1.165, 1.54) is 4.90 Å². The lowest BCUT2D eigenvalue weighted by atomic mass is 9.63. The van der Waals surface area contributed by atoms with Crippen LogP contribution in [0.1, 0.15) is 13.3 Å². The van der Waals surface area contributed by atoms with Gasteiger partial charge in [-0.2, -0.15) is 0 Å². The van der Waals surface area contributed by atoms with Crippen LogP contribution in [0, 0.1) is 35.5 Å². The van der Waals surface area contributed by atoms with Gasteiger partial charge < -0.3 is 9.73 Å². The second-order valence-electron chi connectivity index (χ2n) is 9.68. The predicted octanol–water partition coefficient (Wildman–Crippen LogP) is 3.97. The van der Waals surface area contributed by atoms with Crippen molar-refractivity contribution in [3.8, 4) is 0 Å². The van der Waals surface area contributed by atoms with E-state index in [0.717, 1.165) is 22.8 Å². The maximum absolute atomic E-state index is 13.3. The number of amides is 3. The van der Waals surface area contributed by atoms with E-state index < -0.39 is 6.04 Å². The molecule has 2 bridgehead atoms. The number of imide groups is 1. The Hall–Kier alpha value is -3.41. The highest BCUT2D eigenvalue weighted by molar-refractivity contribution is 6.11. The third kappa shape index (κ3) is 2.27. The van der Waals surface area contributed by atoms with Crippen LogP contribution < -0.4 is 5.32 Å². The van der Waals surface area contributed by atoms with E-state index in [-0.39, 0.29) is 41.4 Å². The van der Waals surface area contributed by atoms with Crippen LogP contribution in [0.4, 0.5) is 5.69 Å². The number of carbonyl (C=O) groups excluding carboxylic acids is 3. The fourth-order valence-corrected chi connectivity index (χ4v) is 6.53. The van der Waals surface area contributed by atoms with Gasteiger partial charge in [0, 0.05) is 22.5 Å². The molecular formula is C26H22N2O4. The number of furan rings is 1. The highest BCUT2D eigenvalue weighted by Crippen LogP contribution is 2.65. The van der Waals surface area contributed by atoms with Crippen molar-refractivity contribution in [3.05, 3.63) is 54.6 Å². The number of para-hydroxylation sites is 1. The van der Waals surface area contributed by atoms with Gasteiger partial charge in [0.15, 0.2) is 0 Å². The molecule has 2 saturated carbocycles. The summed E-state index contributed by atoms with van der Waals surface area (Å²) in [5.41, 5.74) is 2.04. The number of benzene rings is 2. The third-order valence-electron chi connectivity index (χ3n) is 8.11. The average Bonchev–Trinajstić information content (AvgIpc) is 3.49. The average molecular weight is 426 g/mol. The summed E-state index contributed by atoms with van der Waals surface area (Å²) in [5.74, 6) is 0.0906. The lowest BCUT2D eigenvalue weighted by Gasteiger charge is -2.37. The van der Waals surface area contributed by atoms with E-state index in [9.17, 15) is 14.4 Å². The van der Waals surface area contributed by atoms with Crippen molar-refractivity contribution in [2.75, 3.05) is 5.32 Å². The third-order valence-corrected chi connectivity index (χ3v) is 8.11. The Morgan fingerprint density at radius 3 is 2.34 bits per heavy atom. The molecule has 32 heavy (non-hydrogen) atoms. The summed E-state index contributed by atoms with van der Waals surface area (Å²) in [6.07, 6.45) is 5.40. The van der Waals surface area contributed by atoms with Gasteiger partial charge >= 0.3 is 0 Å². The van der Waals surface area contributed by atoms with Crippen LogP contribution in [0.15, 0.2) is 59.0 Å². The summed E-state index contributed by atoms with van der Waals surface area (Å²) < 4.78 is 5.90. The Labute approximate surface area is 184 Å². The quantitative estimate of drug-likeness (QED) is 0.508. The summed E-state index contributed by atoms with van der Waals surface area (Å²) in [7, 11) is 0. The van der Waals surface area contributed by atoms with Crippen molar-refractivity contribution in [3.63, 3.8) is 0 Å². The van der Waals surface area contributed by atoms with Crippen LogP contribution in [0.2, 0.25) is 0 Å². The normalized spacial score (nSPS) is 33.0. The highest BCUT2D eigenvalue weighted by atomic mass is 16.3. The van der Waals surface area contributed by atoms with Gasteiger partial charge in [-0.25, -0.2) is 0 Å². The number of anilines is 1. The first-order valence-corrected chi connectivity index (χ1v) is 11.3. The van der Waals surface area contributed by atoms with Crippen LogP contribution in [-0.4, -0.2) is 28.7 Å². The number of nitrogens with zero attached hydrogens (tertiary/aromatic N) is 1. The molecule has 2 heterocycles. The Morgan fingerprint density at radius 2 is 1.62 bits per heavy atom. The number of allylic oxidation sites excluding steroid dienone is 2. The van der Waals surface area contributed by atoms with Gasteiger partial charge in [0.1, 0.15) is 17.2 Å². The molecule has 1 aliphatic heterocycles. The number of hydrogen-bond acceptors (Lipinski definition) is 4. The molecule has 1 aromatic heterocycles. The molecule has 1 saturated heterocycles. The molecule has 8 rings (SSSR count). The Morgan fingerprint density at radius 1 is 0.969 bits per heavy atom. The van der Waals surface area contributed by atoms with Gasteiger partial charge in [-0.15, -0.1) is 0 Å². The van der Waals surface area contributed by atoms with Crippen molar-refractivity contribution in [1.29, 1.82) is 0 Å². The maximum atomic E-state index is 13.3. The molecule has 3 fully saturated rings. The summed E-state index contributed by atoms with van der Waals surface area (Å²) >= 11 is 0. The van der Waals surface area contributed by atoms with Crippen molar-refractivity contribution < 1.29 is 18.8 Å². The minimum atomic E-state index is -0.859. The molecule has 0 spiro atoms. The zero-order valence-corrected chi connectivity index (χ0v) is 17.5. The minimum Gasteiger partial charge on any atom is -0.456 e. The number of likely N-dealkylation sites (tertiary alicyclic amines) is 1. The molecule has 0 unspecified atom stereocenters. The zero-order valence-electron chi connectivity index (χ0n) is 17.5. The van der Waals surface area contributed by atoms with Crippen LogP contribution >= 0.6 is 0 Å². The summed E-state index contributed by atoms with van der Waals surface area (Å²) in [5, 5.41) is 4.87. The molecule has 1 N–H and O–H groups in total. The van der Waals surface area contributed by atoms with Crippen LogP contribution in [0.3, 0.4) is 0 Å². The summed E-state index contributed by atoms with van der Waals surface area (Å²) in [6, 6.07) is 12.4. The van der Waals surface area contributed by atoms with Gasteiger partial charge in [-0.1, -0.05) is 30.4 Å². The van der Waals surface area contributed by atoms with Crippen LogP contribution in [0.5, 0.6) is 0 Å². The van der Waals surface area contributed by atoms with E-state index in [4.69, 9.17) is 4.42 Å². The van der Waals surface area contributed by atoms with Crippen LogP contribution in [-0.2, 0) is 14.4 Å². The molecule has 5 aliphatic rings. The van der Waals surface area contributed by atoms with E-state index >= 15 is 0 Å². The van der Waals surface area contributed by atoms with Crippen LogP contribution in [0.25, 0.3) is 21.9 Å². The summed E-state index contributed by atoms with van der Waals surface area (Å²) in [6.45, 7) is 1.64. The number of hydrogen-bond donors (Lipinski definition) is 1. The Balaban J connectivity index is 1.15. The molecule has 6 nitrogen and oxygen atoms in total. The fraction of sp³-hybridized carbons (Fsp3) is 0.346. The second kappa shape index (κ2) is 6.09. The number of rotatable bonds is 3. The molecule has 2 aromatic carbocycles. The Bertz CT molecular complexity index is 1330. The van der Waals surface area contributed by atoms with E-state index in [1.807, 2.05) is 36.4 Å². The highest BCUT2D eigenvalue weighted by Gasteiger charge is 2.67. The first kappa shape index (κ1) is 18.2. The molecule has 3 amide bonds. The second-order valence-corrected chi connectivity index (χ2v) is 9.68. The van der Waals surface area contributed by atoms with Gasteiger partial charge in [-0.05, 0) is 55.2 Å². The maximum Gasteiger partial charge on any atom is 0.247 e. The monoisotopic (exact) mass is 426 g/mol. The first-order valence-electron chi connectivity index (χ1n) is 11.3. The standard InChI is InChI=1S/C26H22N2O4/c1-12(28-25(30)22-16-8-9-17(19-11-18(16)19)23(22)26(28)31)24(29)27-13-6-7-15-14-4-2-3-5-20(14)32-21(15)10-13/h2-10,12,16-19,22-23H,11H2,1H3,(H,27,29)/t12-,16+,17+,18+,19+,22-,23-/m1/s1. The van der Waals surface area contributed by atoms with Crippen molar-refractivity contribution in [2.45, 2.75) is 19.4 Å². The predicted molar refractivity (Wildman–Crippen MR) is 118 cm³/mol. The van der Waals surface area contributed by atoms with Gasteiger partial charge in [0.25, 0.3) is 0 Å². The van der Waals surface area contributed by atoms with Gasteiger partial charge in [0.05, 0.1) is 11.8 Å². The molecule has 3 aromatic rings. The molecule has 6 heteroatoms. The topological polar surface area (TPSA) is 79.6 Å². The van der Waals surface area contributed by atoms with Crippen molar-refractivity contribution in [1.82, 2.24) is 4.90 Å². The number of nitrogens with one attached hydrogen (secondary N) is 1. The zero-order chi connectivity index (χ0) is 21.7. The molecule has 7 atom stereocenters. The fourth-order valence-electron chi connectivity index (χ4n) is 6.53. The lowest BCUT2D eigenvalue weighted by Crippen LogP contribution is -2.46. The van der Waals surface area contributed by atoms with Gasteiger partial charge in [-0.3, -0.25) is 19.3 Å². The van der Waals surface area contributed by atoms with E-state index in [1.54, 1.807) is 13.0 Å². The largest absolute Gasteiger partial charge is 0.456 e. The SMILES string of the molecule is C[C@H](C(=O)Nc1ccc2c(c1)oc1ccccc12)N1C(=O)[C@@H]2[C@H]3C=C[C@@H]([C@@H]4C[C@@H]34)[C@H]2C1=O. The number of fused-ring (bicyclic) bond motifs is 3. The van der Waals surface area contributed by atoms with E-state index in [2.05, 4.69) is 17.5 Å². The molecule has 0 radical (unpaired) electrons. The molecular weight excluding hydrogens is 404 g/mol.